The summed E-state index contributed by atoms with van der Waals surface area (Å²) in [5.41, 5.74) is 0. The van der Waals surface area contributed by atoms with Crippen LogP contribution in [0.4, 0.5) is 0 Å². The first-order valence-electron chi connectivity index (χ1n) is 8.31. The average Bonchev–Trinajstić information content (AvgIpc) is 3.15. The average molecular weight is 342 g/mol. The molecule has 2 N–H and O–H groups in total. The van der Waals surface area contributed by atoms with E-state index in [2.05, 4.69) is 17.3 Å². The summed E-state index contributed by atoms with van der Waals surface area (Å²) < 4.78 is 0. The molecule has 3 heterocycles. The Morgan fingerprint density at radius 2 is 1.96 bits per heavy atom. The van der Waals surface area contributed by atoms with Crippen molar-refractivity contribution in [3.05, 3.63) is 0 Å². The summed E-state index contributed by atoms with van der Waals surface area (Å²) in [5.74, 6) is 0.968. The highest BCUT2D eigenvalue weighted by Gasteiger charge is 2.48. The molecular formula is C15H26N4O3S. The molecule has 3 fully saturated rings. The van der Waals surface area contributed by atoms with Gasteiger partial charge in [-0.05, 0) is 13.5 Å². The smallest absolute Gasteiger partial charge is 0.240 e. The molecule has 0 aromatic carbocycles. The van der Waals surface area contributed by atoms with Crippen LogP contribution in [0.3, 0.4) is 0 Å². The van der Waals surface area contributed by atoms with Crippen molar-refractivity contribution in [2.24, 2.45) is 0 Å². The standard InChI is InChI=1S/C15H26N4O3S/c1-17-5-7-18(8-6-17)14(22)12-10-23-15(16-12)3-4-19(11-15)13(21)2-9-20/h12,16,20H,2-11H2,1H3/t12-,15?/m0/s1. The molecule has 23 heavy (non-hydrogen) atoms. The first kappa shape index (κ1) is 17.0. The summed E-state index contributed by atoms with van der Waals surface area (Å²) >= 11 is 1.77. The van der Waals surface area contributed by atoms with E-state index in [0.29, 0.717) is 13.1 Å². The number of nitrogens with zero attached hydrogens (tertiary/aromatic N) is 3. The van der Waals surface area contributed by atoms with Crippen LogP contribution in [-0.2, 0) is 9.59 Å². The number of carbonyl (C=O) groups excluding carboxylic acids is 2. The molecule has 1 unspecified atom stereocenters. The van der Waals surface area contributed by atoms with Crippen LogP contribution < -0.4 is 5.32 Å². The molecule has 0 saturated carbocycles. The predicted octanol–water partition coefficient (Wildman–Crippen LogP) is -1.22. The topological polar surface area (TPSA) is 76.1 Å². The van der Waals surface area contributed by atoms with Gasteiger partial charge in [0.25, 0.3) is 0 Å². The lowest BCUT2D eigenvalue weighted by Crippen LogP contribution is -2.55. The SMILES string of the molecule is CN1CCN(C(=O)[C@@H]2CSC3(CCN(C(=O)CCO)C3)N2)CC1. The van der Waals surface area contributed by atoms with Gasteiger partial charge in [-0.3, -0.25) is 14.9 Å². The van der Waals surface area contributed by atoms with E-state index in [9.17, 15) is 9.59 Å². The van der Waals surface area contributed by atoms with Gasteiger partial charge in [0.2, 0.25) is 11.8 Å². The molecule has 0 aromatic heterocycles. The highest BCUT2D eigenvalue weighted by Crippen LogP contribution is 2.38. The summed E-state index contributed by atoms with van der Waals surface area (Å²) in [5, 5.41) is 12.4. The maximum absolute atomic E-state index is 12.7. The predicted molar refractivity (Wildman–Crippen MR) is 89.1 cm³/mol. The van der Waals surface area contributed by atoms with Crippen LogP contribution >= 0.6 is 11.8 Å². The minimum Gasteiger partial charge on any atom is -0.396 e. The van der Waals surface area contributed by atoms with Crippen LogP contribution in [0.2, 0.25) is 0 Å². The van der Waals surface area contributed by atoms with E-state index in [1.807, 2.05) is 4.90 Å². The molecule has 3 aliphatic rings. The van der Waals surface area contributed by atoms with E-state index in [1.165, 1.54) is 0 Å². The van der Waals surface area contributed by atoms with Crippen molar-refractivity contribution in [3.63, 3.8) is 0 Å². The highest BCUT2D eigenvalue weighted by molar-refractivity contribution is 8.01. The number of rotatable bonds is 3. The molecular weight excluding hydrogens is 316 g/mol. The number of likely N-dealkylation sites (tertiary alicyclic amines) is 1. The zero-order valence-electron chi connectivity index (χ0n) is 13.7. The van der Waals surface area contributed by atoms with Crippen LogP contribution in [0.5, 0.6) is 0 Å². The van der Waals surface area contributed by atoms with Crippen molar-refractivity contribution < 1.29 is 14.7 Å². The number of piperazine rings is 1. The molecule has 7 nitrogen and oxygen atoms in total. The Bertz CT molecular complexity index is 470. The lowest BCUT2D eigenvalue weighted by atomic mass is 10.2. The van der Waals surface area contributed by atoms with Gasteiger partial charge in [0.05, 0.1) is 17.5 Å². The van der Waals surface area contributed by atoms with Crippen molar-refractivity contribution in [2.45, 2.75) is 23.8 Å². The van der Waals surface area contributed by atoms with E-state index >= 15 is 0 Å². The first-order valence-corrected chi connectivity index (χ1v) is 9.29. The number of hydrogen-bond donors (Lipinski definition) is 2. The summed E-state index contributed by atoms with van der Waals surface area (Å²) in [7, 11) is 2.08. The fourth-order valence-corrected chi connectivity index (χ4v) is 4.93. The fourth-order valence-electron chi connectivity index (χ4n) is 3.51. The second kappa shape index (κ2) is 6.96. The van der Waals surface area contributed by atoms with E-state index in [0.717, 1.165) is 38.4 Å². The molecule has 0 radical (unpaired) electrons. The van der Waals surface area contributed by atoms with E-state index in [1.54, 1.807) is 16.7 Å². The minimum atomic E-state index is -0.183. The first-order chi connectivity index (χ1) is 11.0. The molecule has 3 aliphatic heterocycles. The number of likely N-dealkylation sites (N-methyl/N-ethyl adjacent to an activating group) is 1. The van der Waals surface area contributed by atoms with Crippen molar-refractivity contribution in [1.29, 1.82) is 0 Å². The second-order valence-electron chi connectivity index (χ2n) is 6.67. The summed E-state index contributed by atoms with van der Waals surface area (Å²) in [6.07, 6.45) is 1.05. The van der Waals surface area contributed by atoms with Gasteiger partial charge >= 0.3 is 0 Å². The van der Waals surface area contributed by atoms with E-state index in [-0.39, 0.29) is 35.8 Å². The minimum absolute atomic E-state index is 0.000573. The largest absolute Gasteiger partial charge is 0.396 e. The van der Waals surface area contributed by atoms with Crippen LogP contribution in [0.1, 0.15) is 12.8 Å². The number of aliphatic hydroxyl groups is 1. The third-order valence-corrected chi connectivity index (χ3v) is 6.49. The molecule has 2 atom stereocenters. The van der Waals surface area contributed by atoms with Crippen molar-refractivity contribution in [3.8, 4) is 0 Å². The van der Waals surface area contributed by atoms with Crippen LogP contribution in [0, 0.1) is 0 Å². The third kappa shape index (κ3) is 3.65. The molecule has 0 aromatic rings. The quantitative estimate of drug-likeness (QED) is 0.669. The summed E-state index contributed by atoms with van der Waals surface area (Å²) in [4.78, 5) is 30.4. The molecule has 0 aliphatic carbocycles. The number of carbonyl (C=O) groups is 2. The number of nitrogens with one attached hydrogen (secondary N) is 1. The monoisotopic (exact) mass is 342 g/mol. The van der Waals surface area contributed by atoms with Gasteiger partial charge in [-0.1, -0.05) is 0 Å². The van der Waals surface area contributed by atoms with E-state index in [4.69, 9.17) is 5.11 Å². The molecule has 2 amide bonds. The third-order valence-electron chi connectivity index (χ3n) is 4.99. The Morgan fingerprint density at radius 3 is 2.65 bits per heavy atom. The molecule has 3 rings (SSSR count). The number of amides is 2. The number of hydrogen-bond acceptors (Lipinski definition) is 6. The summed E-state index contributed by atoms with van der Waals surface area (Å²) in [6, 6.07) is -0.142. The van der Waals surface area contributed by atoms with Crippen LogP contribution in [-0.4, -0.2) is 101 Å². The maximum Gasteiger partial charge on any atom is 0.240 e. The van der Waals surface area contributed by atoms with Crippen LogP contribution in [0.25, 0.3) is 0 Å². The Hall–Kier alpha value is -0.830. The van der Waals surface area contributed by atoms with Gasteiger partial charge in [0, 0.05) is 51.4 Å². The number of aliphatic hydroxyl groups excluding tert-OH is 1. The van der Waals surface area contributed by atoms with Crippen LogP contribution in [0.15, 0.2) is 0 Å². The normalized spacial score (nSPS) is 32.0. The Balaban J connectivity index is 1.54. The Morgan fingerprint density at radius 1 is 1.22 bits per heavy atom. The Kier molecular flexibility index (Phi) is 5.15. The molecule has 8 heteroatoms. The lowest BCUT2D eigenvalue weighted by Gasteiger charge is -2.34. The van der Waals surface area contributed by atoms with Gasteiger partial charge in [-0.25, -0.2) is 0 Å². The van der Waals surface area contributed by atoms with Crippen molar-refractivity contribution in [2.75, 3.05) is 58.7 Å². The molecule has 130 valence electrons. The maximum atomic E-state index is 12.7. The molecule has 1 spiro atoms. The van der Waals surface area contributed by atoms with Gasteiger partial charge in [0.15, 0.2) is 0 Å². The van der Waals surface area contributed by atoms with Gasteiger partial charge in [0.1, 0.15) is 0 Å². The van der Waals surface area contributed by atoms with Crippen molar-refractivity contribution in [1.82, 2.24) is 20.0 Å². The fraction of sp³-hybridized carbons (Fsp3) is 0.867. The molecule has 0 bridgehead atoms. The Labute approximate surface area is 141 Å². The lowest BCUT2D eigenvalue weighted by molar-refractivity contribution is -0.134. The number of thioether (sulfide) groups is 1. The van der Waals surface area contributed by atoms with Crippen molar-refractivity contribution >= 4 is 23.6 Å². The highest BCUT2D eigenvalue weighted by atomic mass is 32.2. The zero-order chi connectivity index (χ0) is 16.4. The zero-order valence-corrected chi connectivity index (χ0v) is 14.5. The van der Waals surface area contributed by atoms with Gasteiger partial charge < -0.3 is 19.8 Å². The van der Waals surface area contributed by atoms with Gasteiger partial charge in [-0.2, -0.15) is 0 Å². The summed E-state index contributed by atoms with van der Waals surface area (Å²) in [6.45, 7) is 4.68. The van der Waals surface area contributed by atoms with Gasteiger partial charge in [-0.15, -0.1) is 11.8 Å². The van der Waals surface area contributed by atoms with E-state index < -0.39 is 0 Å². The second-order valence-corrected chi connectivity index (χ2v) is 8.07. The molecule has 3 saturated heterocycles.